The molecule has 2 rings (SSSR count). The Kier molecular flexibility index (Phi) is 3.52. The van der Waals surface area contributed by atoms with Crippen LogP contribution < -0.4 is 5.32 Å². The molecule has 15 heavy (non-hydrogen) atoms. The maximum absolute atomic E-state index is 12.8. The van der Waals surface area contributed by atoms with E-state index in [1.807, 2.05) is 0 Å². The molecule has 0 bridgehead atoms. The van der Waals surface area contributed by atoms with Crippen LogP contribution in [0.1, 0.15) is 18.0 Å². The van der Waals surface area contributed by atoms with Crippen molar-refractivity contribution >= 4 is 12.4 Å². The molecule has 1 heterocycles. The summed E-state index contributed by atoms with van der Waals surface area (Å²) in [7, 11) is 0. The lowest BCUT2D eigenvalue weighted by Gasteiger charge is -2.10. The highest BCUT2D eigenvalue weighted by Gasteiger charge is 2.39. The van der Waals surface area contributed by atoms with Crippen molar-refractivity contribution in [1.82, 2.24) is 5.32 Å². The Morgan fingerprint density at radius 1 is 1.27 bits per heavy atom. The Hall–Kier alpha value is -0.870. The van der Waals surface area contributed by atoms with Gasteiger partial charge in [-0.25, -0.2) is 8.78 Å². The van der Waals surface area contributed by atoms with Crippen molar-refractivity contribution in [1.29, 1.82) is 0 Å². The predicted octanol–water partition coefficient (Wildman–Crippen LogP) is 2.48. The van der Waals surface area contributed by atoms with Gasteiger partial charge in [0.15, 0.2) is 0 Å². The van der Waals surface area contributed by atoms with Crippen molar-refractivity contribution in [3.05, 3.63) is 29.8 Å². The zero-order chi connectivity index (χ0) is 10.2. The summed E-state index contributed by atoms with van der Waals surface area (Å²) in [6.45, 7) is -0.265. The van der Waals surface area contributed by atoms with Crippen LogP contribution in [0.5, 0.6) is 5.75 Å². The number of phenols is 1. The first-order valence-corrected chi connectivity index (χ1v) is 4.47. The van der Waals surface area contributed by atoms with Gasteiger partial charge in [-0.1, -0.05) is 12.1 Å². The van der Waals surface area contributed by atoms with E-state index < -0.39 is 5.92 Å². The van der Waals surface area contributed by atoms with E-state index in [1.165, 1.54) is 12.1 Å². The van der Waals surface area contributed by atoms with Gasteiger partial charge in [-0.2, -0.15) is 0 Å². The van der Waals surface area contributed by atoms with E-state index in [0.29, 0.717) is 0 Å². The number of halogens is 3. The largest absolute Gasteiger partial charge is 0.508 e. The average Bonchev–Trinajstić information content (AvgIpc) is 2.47. The van der Waals surface area contributed by atoms with Crippen molar-refractivity contribution in [3.63, 3.8) is 0 Å². The second-order valence-corrected chi connectivity index (χ2v) is 3.59. The molecule has 1 aliphatic heterocycles. The third-order valence-electron chi connectivity index (χ3n) is 2.41. The van der Waals surface area contributed by atoms with Gasteiger partial charge in [-0.05, 0) is 17.7 Å². The van der Waals surface area contributed by atoms with Gasteiger partial charge >= 0.3 is 0 Å². The van der Waals surface area contributed by atoms with Gasteiger partial charge in [-0.15, -0.1) is 12.4 Å². The lowest BCUT2D eigenvalue weighted by atomic mass is 10.0. The molecule has 1 fully saturated rings. The zero-order valence-electron chi connectivity index (χ0n) is 7.91. The molecule has 1 unspecified atom stereocenters. The molecule has 0 saturated carbocycles. The Labute approximate surface area is 92.7 Å². The lowest BCUT2D eigenvalue weighted by molar-refractivity contribution is 0.0210. The first-order chi connectivity index (χ1) is 6.57. The maximum Gasteiger partial charge on any atom is 0.262 e. The Bertz CT molecular complexity index is 329. The van der Waals surface area contributed by atoms with Gasteiger partial charge in [-0.3, -0.25) is 0 Å². The van der Waals surface area contributed by atoms with Gasteiger partial charge in [0.05, 0.1) is 6.54 Å². The first-order valence-electron chi connectivity index (χ1n) is 4.47. The molecule has 84 valence electrons. The van der Waals surface area contributed by atoms with Gasteiger partial charge in [0.1, 0.15) is 5.75 Å². The molecule has 1 aliphatic rings. The number of benzene rings is 1. The van der Waals surface area contributed by atoms with Crippen molar-refractivity contribution in [2.24, 2.45) is 0 Å². The molecule has 0 spiro atoms. The summed E-state index contributed by atoms with van der Waals surface area (Å²) in [5, 5.41) is 11.8. The molecule has 1 atom stereocenters. The smallest absolute Gasteiger partial charge is 0.262 e. The van der Waals surface area contributed by atoms with Crippen LogP contribution in [0.4, 0.5) is 8.78 Å². The summed E-state index contributed by atoms with van der Waals surface area (Å²) < 4.78 is 25.7. The number of phenolic OH excluding ortho intramolecular Hbond substituents is 1. The van der Waals surface area contributed by atoms with Gasteiger partial charge in [0, 0.05) is 12.5 Å². The number of rotatable bonds is 1. The van der Waals surface area contributed by atoms with Crippen LogP contribution >= 0.6 is 12.4 Å². The number of hydrogen-bond donors (Lipinski definition) is 2. The molecule has 5 heteroatoms. The van der Waals surface area contributed by atoms with E-state index in [2.05, 4.69) is 5.32 Å². The SMILES string of the molecule is Cl.Oc1ccc(C2CC(F)(F)CN2)cc1. The Balaban J connectivity index is 0.00000112. The zero-order valence-corrected chi connectivity index (χ0v) is 8.73. The highest BCUT2D eigenvalue weighted by atomic mass is 35.5. The molecule has 0 amide bonds. The van der Waals surface area contributed by atoms with Crippen molar-refractivity contribution in [2.75, 3.05) is 6.54 Å². The summed E-state index contributed by atoms with van der Waals surface area (Å²) in [4.78, 5) is 0. The normalized spacial score (nSPS) is 23.5. The van der Waals surface area contributed by atoms with E-state index >= 15 is 0 Å². The fourth-order valence-corrected chi connectivity index (χ4v) is 1.66. The van der Waals surface area contributed by atoms with Crippen LogP contribution in [0.15, 0.2) is 24.3 Å². The highest BCUT2D eigenvalue weighted by molar-refractivity contribution is 5.85. The molecule has 2 nitrogen and oxygen atoms in total. The summed E-state index contributed by atoms with van der Waals surface area (Å²) in [5.41, 5.74) is 0.792. The van der Waals surface area contributed by atoms with Crippen LogP contribution in [-0.4, -0.2) is 17.6 Å². The third-order valence-corrected chi connectivity index (χ3v) is 2.41. The van der Waals surface area contributed by atoms with E-state index in [-0.39, 0.29) is 37.2 Å². The number of hydrogen-bond acceptors (Lipinski definition) is 2. The van der Waals surface area contributed by atoms with Crippen LogP contribution in [0, 0.1) is 0 Å². The van der Waals surface area contributed by atoms with Crippen LogP contribution in [0.2, 0.25) is 0 Å². The minimum absolute atomic E-state index is 0. The molecule has 0 aromatic heterocycles. The summed E-state index contributed by atoms with van der Waals surface area (Å²) in [5.74, 6) is -2.46. The second kappa shape index (κ2) is 4.33. The second-order valence-electron chi connectivity index (χ2n) is 3.59. The molecule has 0 aliphatic carbocycles. The van der Waals surface area contributed by atoms with Gasteiger partial charge in [0.2, 0.25) is 0 Å². The molecule has 1 aromatic carbocycles. The van der Waals surface area contributed by atoms with E-state index in [4.69, 9.17) is 5.11 Å². The summed E-state index contributed by atoms with van der Waals surface area (Å²) in [6, 6.07) is 6.04. The van der Waals surface area contributed by atoms with Gasteiger partial charge < -0.3 is 10.4 Å². The third kappa shape index (κ3) is 2.79. The van der Waals surface area contributed by atoms with Crippen LogP contribution in [0.25, 0.3) is 0 Å². The van der Waals surface area contributed by atoms with E-state index in [9.17, 15) is 8.78 Å². The molecule has 1 saturated heterocycles. The molecule has 2 N–H and O–H groups in total. The standard InChI is InChI=1S/C10H11F2NO.ClH/c11-10(12)5-9(13-6-10)7-1-3-8(14)4-2-7;/h1-4,9,13-14H,5-6H2;1H. The van der Waals surface area contributed by atoms with Crippen LogP contribution in [-0.2, 0) is 0 Å². The van der Waals surface area contributed by atoms with Gasteiger partial charge in [0.25, 0.3) is 5.92 Å². The first kappa shape index (κ1) is 12.2. The topological polar surface area (TPSA) is 32.3 Å². The minimum atomic E-state index is -2.61. The number of nitrogens with one attached hydrogen (secondary N) is 1. The van der Waals surface area contributed by atoms with Crippen molar-refractivity contribution in [3.8, 4) is 5.75 Å². The minimum Gasteiger partial charge on any atom is -0.508 e. The highest BCUT2D eigenvalue weighted by Crippen LogP contribution is 2.34. The van der Waals surface area contributed by atoms with E-state index in [1.54, 1.807) is 12.1 Å². The summed E-state index contributed by atoms with van der Waals surface area (Å²) in [6.07, 6.45) is -0.169. The molecular weight excluding hydrogens is 224 g/mol. The lowest BCUT2D eigenvalue weighted by Crippen LogP contribution is -2.19. The molecule has 1 aromatic rings. The predicted molar refractivity (Wildman–Crippen MR) is 55.7 cm³/mol. The summed E-state index contributed by atoms with van der Waals surface area (Å²) >= 11 is 0. The fraction of sp³-hybridized carbons (Fsp3) is 0.400. The monoisotopic (exact) mass is 235 g/mol. The maximum atomic E-state index is 12.8. The van der Waals surface area contributed by atoms with Crippen molar-refractivity contribution in [2.45, 2.75) is 18.4 Å². The number of alkyl halides is 2. The Morgan fingerprint density at radius 2 is 1.87 bits per heavy atom. The number of aromatic hydroxyl groups is 1. The fourth-order valence-electron chi connectivity index (χ4n) is 1.66. The molecular formula is C10H12ClF2NO. The quantitative estimate of drug-likeness (QED) is 0.784. The average molecular weight is 236 g/mol. The molecule has 0 radical (unpaired) electrons. The van der Waals surface area contributed by atoms with E-state index in [0.717, 1.165) is 5.56 Å². The Morgan fingerprint density at radius 3 is 2.33 bits per heavy atom. The van der Waals surface area contributed by atoms with Crippen molar-refractivity contribution < 1.29 is 13.9 Å². The van der Waals surface area contributed by atoms with Crippen LogP contribution in [0.3, 0.4) is 0 Å².